The van der Waals surface area contributed by atoms with E-state index in [1.165, 1.54) is 0 Å². The van der Waals surface area contributed by atoms with Crippen LogP contribution >= 0.6 is 0 Å². The van der Waals surface area contributed by atoms with Crippen molar-refractivity contribution in [3.05, 3.63) is 0 Å². The normalized spacial score (nSPS) is 12.7. The van der Waals surface area contributed by atoms with E-state index in [0.29, 0.717) is 26.1 Å². The maximum Gasteiger partial charge on any atom is 0.544 e. The third kappa shape index (κ3) is 13.1. The van der Waals surface area contributed by atoms with Gasteiger partial charge in [0.15, 0.2) is 0 Å². The molecule has 0 amide bonds. The summed E-state index contributed by atoms with van der Waals surface area (Å²) in [5, 5.41) is 0. The Balaban J connectivity index is 5.27. The number of carbonyl (C=O) groups is 1. The van der Waals surface area contributed by atoms with Crippen molar-refractivity contribution < 1.29 is 38.9 Å². The smallest absolute Gasteiger partial charge is 0.369 e. The summed E-state index contributed by atoms with van der Waals surface area (Å²) in [5.74, 6) is -2.18. The summed E-state index contributed by atoms with van der Waals surface area (Å²) < 4.78 is 5.45. The predicted molar refractivity (Wildman–Crippen MR) is 108 cm³/mol. The van der Waals surface area contributed by atoms with E-state index < -0.39 is 12.1 Å². The second-order valence-electron chi connectivity index (χ2n) is 6.98. The molecule has 1 unspecified atom stereocenters. The molecular formula is C21H42O8. The highest BCUT2D eigenvalue weighted by Gasteiger charge is 2.49. The molecule has 8 nitrogen and oxygen atoms in total. The van der Waals surface area contributed by atoms with Gasteiger partial charge in [-0.1, -0.05) is 66.7 Å². The Morgan fingerprint density at radius 3 is 1.66 bits per heavy atom. The SMILES string of the molecule is CCCCOOC(=O)OC(OOCCCC)(OOCCCC)C(CC)CCCC. The molecule has 0 spiro atoms. The van der Waals surface area contributed by atoms with Crippen molar-refractivity contribution in [3.63, 3.8) is 0 Å². The first kappa shape index (κ1) is 28.1. The maximum absolute atomic E-state index is 12.3. The number of ether oxygens (including phenoxy) is 1. The maximum atomic E-state index is 12.3. The molecule has 0 fully saturated rings. The van der Waals surface area contributed by atoms with Gasteiger partial charge in [0.25, 0.3) is 0 Å². The number of hydrogen-bond donors (Lipinski definition) is 0. The van der Waals surface area contributed by atoms with Gasteiger partial charge in [-0.25, -0.2) is 14.6 Å². The molecule has 0 aromatic carbocycles. The molecule has 0 heterocycles. The summed E-state index contributed by atoms with van der Waals surface area (Å²) in [6.45, 7) is 11.1. The molecule has 0 bridgehead atoms. The van der Waals surface area contributed by atoms with Crippen LogP contribution in [0, 0.1) is 5.92 Å². The third-order valence-corrected chi connectivity index (χ3v) is 4.35. The molecule has 8 heteroatoms. The number of hydrogen-bond acceptors (Lipinski definition) is 8. The largest absolute Gasteiger partial charge is 0.544 e. The molecule has 0 aliphatic heterocycles. The number of rotatable bonds is 20. The van der Waals surface area contributed by atoms with Crippen LogP contribution in [-0.2, 0) is 34.1 Å². The zero-order chi connectivity index (χ0) is 21.8. The minimum Gasteiger partial charge on any atom is -0.369 e. The van der Waals surface area contributed by atoms with Gasteiger partial charge in [0.1, 0.15) is 0 Å². The molecule has 0 radical (unpaired) electrons. The fraction of sp³-hybridized carbons (Fsp3) is 0.952. The molecular weight excluding hydrogens is 380 g/mol. The van der Waals surface area contributed by atoms with E-state index >= 15 is 0 Å². The van der Waals surface area contributed by atoms with Crippen molar-refractivity contribution in [2.24, 2.45) is 5.92 Å². The van der Waals surface area contributed by atoms with Gasteiger partial charge >= 0.3 is 12.1 Å². The van der Waals surface area contributed by atoms with E-state index in [2.05, 4.69) is 6.92 Å². The Morgan fingerprint density at radius 2 is 1.21 bits per heavy atom. The van der Waals surface area contributed by atoms with Crippen molar-refractivity contribution in [1.29, 1.82) is 0 Å². The molecule has 0 N–H and O–H groups in total. The lowest BCUT2D eigenvalue weighted by atomic mass is 9.96. The van der Waals surface area contributed by atoms with Gasteiger partial charge in [0, 0.05) is 0 Å². The second kappa shape index (κ2) is 19.1. The molecule has 0 rings (SSSR count). The molecule has 0 aliphatic carbocycles. The second-order valence-corrected chi connectivity index (χ2v) is 6.98. The van der Waals surface area contributed by atoms with Gasteiger partial charge in [0.05, 0.1) is 25.7 Å². The topological polar surface area (TPSA) is 81.7 Å². The Hall–Kier alpha value is -0.930. The zero-order valence-electron chi connectivity index (χ0n) is 19.0. The Kier molecular flexibility index (Phi) is 18.4. The van der Waals surface area contributed by atoms with E-state index in [4.69, 9.17) is 34.1 Å². The zero-order valence-corrected chi connectivity index (χ0v) is 19.0. The van der Waals surface area contributed by atoms with Crippen LogP contribution in [0.25, 0.3) is 0 Å². The Bertz CT molecular complexity index is 366. The fourth-order valence-electron chi connectivity index (χ4n) is 2.43. The standard InChI is InChI=1S/C21H42O8/c1-6-11-15-19(10-5)21(28-24-17-13-8-3,29-25-18-14-9-4)26-20(22)27-23-16-12-7-2/h19H,6-18H2,1-5H3. The van der Waals surface area contributed by atoms with E-state index in [0.717, 1.165) is 51.4 Å². The molecule has 0 aliphatic rings. The highest BCUT2D eigenvalue weighted by Crippen LogP contribution is 2.34. The van der Waals surface area contributed by atoms with Crippen LogP contribution in [0.4, 0.5) is 4.79 Å². The summed E-state index contributed by atoms with van der Waals surface area (Å²) >= 11 is 0. The minimum absolute atomic E-state index is 0.285. The predicted octanol–water partition coefficient (Wildman–Crippen LogP) is 6.24. The lowest BCUT2D eigenvalue weighted by Gasteiger charge is -2.35. The first-order valence-electron chi connectivity index (χ1n) is 11.2. The van der Waals surface area contributed by atoms with Crippen molar-refractivity contribution in [3.8, 4) is 0 Å². The van der Waals surface area contributed by atoms with Gasteiger partial charge < -0.3 is 4.74 Å². The lowest BCUT2D eigenvalue weighted by Crippen LogP contribution is -2.48. The van der Waals surface area contributed by atoms with Crippen molar-refractivity contribution in [2.75, 3.05) is 19.8 Å². The van der Waals surface area contributed by atoms with Crippen molar-refractivity contribution >= 4 is 6.16 Å². The summed E-state index contributed by atoms with van der Waals surface area (Å²) in [6.07, 6.45) is 7.29. The van der Waals surface area contributed by atoms with Crippen molar-refractivity contribution in [1.82, 2.24) is 0 Å². The summed E-state index contributed by atoms with van der Waals surface area (Å²) in [6, 6.07) is 0. The van der Waals surface area contributed by atoms with E-state index in [1.807, 2.05) is 27.7 Å². The monoisotopic (exact) mass is 422 g/mol. The summed E-state index contributed by atoms with van der Waals surface area (Å²) in [7, 11) is 0. The Morgan fingerprint density at radius 1 is 0.724 bits per heavy atom. The first-order chi connectivity index (χ1) is 14.1. The molecule has 0 saturated carbocycles. The lowest BCUT2D eigenvalue weighted by molar-refractivity contribution is -0.584. The van der Waals surface area contributed by atoms with Crippen molar-refractivity contribution in [2.45, 2.75) is 105 Å². The number of unbranched alkanes of at least 4 members (excludes halogenated alkanes) is 4. The van der Waals surface area contributed by atoms with Gasteiger partial charge in [-0.3, -0.25) is 4.89 Å². The van der Waals surface area contributed by atoms with Crippen LogP contribution in [0.2, 0.25) is 0 Å². The van der Waals surface area contributed by atoms with Gasteiger partial charge in [-0.05, 0) is 32.1 Å². The summed E-state index contributed by atoms with van der Waals surface area (Å²) in [4.78, 5) is 43.6. The van der Waals surface area contributed by atoms with Crippen LogP contribution in [0.3, 0.4) is 0 Å². The van der Waals surface area contributed by atoms with Gasteiger partial charge in [0.2, 0.25) is 0 Å². The average Bonchev–Trinajstić information content (AvgIpc) is 2.72. The van der Waals surface area contributed by atoms with E-state index in [9.17, 15) is 4.79 Å². The fourth-order valence-corrected chi connectivity index (χ4v) is 2.43. The minimum atomic E-state index is -1.86. The molecule has 29 heavy (non-hydrogen) atoms. The molecule has 0 saturated heterocycles. The highest BCUT2D eigenvalue weighted by atomic mass is 17.4. The van der Waals surface area contributed by atoms with E-state index in [1.54, 1.807) is 0 Å². The van der Waals surface area contributed by atoms with E-state index in [-0.39, 0.29) is 12.5 Å². The number of carbonyl (C=O) groups excluding carboxylic acids is 1. The van der Waals surface area contributed by atoms with Gasteiger partial charge in [-0.15, -0.1) is 0 Å². The van der Waals surface area contributed by atoms with Crippen LogP contribution in [0.15, 0.2) is 0 Å². The average molecular weight is 423 g/mol. The molecule has 1 atom stereocenters. The highest BCUT2D eigenvalue weighted by molar-refractivity contribution is 5.59. The van der Waals surface area contributed by atoms with Crippen LogP contribution in [0.1, 0.15) is 98.8 Å². The third-order valence-electron chi connectivity index (χ3n) is 4.35. The molecule has 174 valence electrons. The Labute approximate surface area is 176 Å². The first-order valence-corrected chi connectivity index (χ1v) is 11.2. The van der Waals surface area contributed by atoms with Crippen LogP contribution in [0.5, 0.6) is 0 Å². The van der Waals surface area contributed by atoms with Gasteiger partial charge in [-0.2, -0.15) is 14.7 Å². The summed E-state index contributed by atoms with van der Waals surface area (Å²) in [5.41, 5.74) is 0. The van der Waals surface area contributed by atoms with Crippen LogP contribution < -0.4 is 0 Å². The molecule has 0 aromatic heterocycles. The van der Waals surface area contributed by atoms with Crippen LogP contribution in [-0.4, -0.2) is 31.9 Å². The molecule has 0 aromatic rings. The quantitative estimate of drug-likeness (QED) is 0.0750.